The van der Waals surface area contributed by atoms with Crippen LogP contribution in [0.2, 0.25) is 0 Å². The molecule has 0 heterocycles. The van der Waals surface area contributed by atoms with Crippen LogP contribution in [0.5, 0.6) is 0 Å². The topological polar surface area (TPSA) is 32.3 Å². The summed E-state index contributed by atoms with van der Waals surface area (Å²) < 4.78 is 13.7. The van der Waals surface area contributed by atoms with Crippen molar-refractivity contribution in [3.05, 3.63) is 34.1 Å². The van der Waals surface area contributed by atoms with Crippen molar-refractivity contribution in [3.8, 4) is 0 Å². The first-order valence-electron chi connectivity index (χ1n) is 5.41. The number of hydrogen-bond donors (Lipinski definition) is 2. The Balaban J connectivity index is 2.39. The van der Waals surface area contributed by atoms with Gasteiger partial charge in [0.05, 0.1) is 4.47 Å². The lowest BCUT2D eigenvalue weighted by Gasteiger charge is -2.13. The molecular weight excluding hydrogens is 273 g/mol. The van der Waals surface area contributed by atoms with Gasteiger partial charge in [-0.3, -0.25) is 0 Å². The van der Waals surface area contributed by atoms with Crippen LogP contribution in [0.1, 0.15) is 25.3 Å². The maximum Gasteiger partial charge on any atom is 0.137 e. The van der Waals surface area contributed by atoms with Crippen LogP contribution in [0.15, 0.2) is 22.7 Å². The summed E-state index contributed by atoms with van der Waals surface area (Å²) in [7, 11) is 0. The van der Waals surface area contributed by atoms with Crippen LogP contribution in [0, 0.1) is 5.82 Å². The Labute approximate surface area is 104 Å². The fraction of sp³-hybridized carbons (Fsp3) is 0.500. The van der Waals surface area contributed by atoms with E-state index < -0.39 is 0 Å². The van der Waals surface area contributed by atoms with E-state index in [1.165, 1.54) is 6.07 Å². The Morgan fingerprint density at radius 1 is 1.50 bits per heavy atom. The van der Waals surface area contributed by atoms with Crippen molar-refractivity contribution in [2.24, 2.45) is 0 Å². The third-order valence-electron chi connectivity index (χ3n) is 2.43. The highest BCUT2D eigenvalue weighted by atomic mass is 79.9. The molecule has 0 aliphatic carbocycles. The van der Waals surface area contributed by atoms with Crippen LogP contribution >= 0.6 is 15.9 Å². The van der Waals surface area contributed by atoms with Crippen molar-refractivity contribution in [2.45, 2.75) is 32.4 Å². The van der Waals surface area contributed by atoms with Crippen LogP contribution in [0.25, 0.3) is 0 Å². The first kappa shape index (κ1) is 13.6. The van der Waals surface area contributed by atoms with Gasteiger partial charge < -0.3 is 10.4 Å². The molecule has 0 aliphatic rings. The average Bonchev–Trinajstić information content (AvgIpc) is 2.28. The minimum Gasteiger partial charge on any atom is -0.396 e. The van der Waals surface area contributed by atoms with Crippen LogP contribution in [-0.2, 0) is 6.54 Å². The Hall–Kier alpha value is -0.450. The van der Waals surface area contributed by atoms with Crippen LogP contribution in [-0.4, -0.2) is 17.8 Å². The predicted molar refractivity (Wildman–Crippen MR) is 66.7 cm³/mol. The van der Waals surface area contributed by atoms with E-state index in [0.29, 0.717) is 17.1 Å². The molecule has 0 amide bonds. The fourth-order valence-electron chi connectivity index (χ4n) is 1.44. The highest BCUT2D eigenvalue weighted by Gasteiger charge is 2.03. The van der Waals surface area contributed by atoms with Gasteiger partial charge in [-0.25, -0.2) is 4.39 Å². The summed E-state index contributed by atoms with van der Waals surface area (Å²) in [5.41, 5.74) is 0.927. The monoisotopic (exact) mass is 289 g/mol. The van der Waals surface area contributed by atoms with Gasteiger partial charge in [-0.1, -0.05) is 6.07 Å². The van der Waals surface area contributed by atoms with Gasteiger partial charge in [0.2, 0.25) is 0 Å². The normalized spacial score (nSPS) is 12.8. The number of nitrogens with one attached hydrogen (secondary N) is 1. The molecule has 2 nitrogen and oxygen atoms in total. The molecular formula is C12H17BrFNO. The third kappa shape index (κ3) is 4.60. The molecule has 1 rings (SSSR count). The van der Waals surface area contributed by atoms with Crippen molar-refractivity contribution in [1.29, 1.82) is 0 Å². The minimum atomic E-state index is -0.234. The first-order chi connectivity index (χ1) is 7.63. The van der Waals surface area contributed by atoms with Crippen molar-refractivity contribution >= 4 is 15.9 Å². The summed E-state index contributed by atoms with van der Waals surface area (Å²) >= 11 is 3.12. The van der Waals surface area contributed by atoms with E-state index in [2.05, 4.69) is 28.2 Å². The second kappa shape index (κ2) is 6.99. The van der Waals surface area contributed by atoms with Crippen molar-refractivity contribution < 1.29 is 9.50 Å². The van der Waals surface area contributed by atoms with E-state index in [1.54, 1.807) is 6.07 Å². The molecule has 0 aromatic heterocycles. The molecule has 1 unspecified atom stereocenters. The summed E-state index contributed by atoms with van der Waals surface area (Å²) in [6.45, 7) is 2.93. The van der Waals surface area contributed by atoms with Crippen LogP contribution in [0.4, 0.5) is 4.39 Å². The summed E-state index contributed by atoms with van der Waals surface area (Å²) in [5, 5.41) is 12.0. The Kier molecular flexibility index (Phi) is 5.95. The number of rotatable bonds is 6. The quantitative estimate of drug-likeness (QED) is 0.844. The molecule has 0 saturated heterocycles. The summed E-state index contributed by atoms with van der Waals surface area (Å²) in [5.74, 6) is -0.234. The summed E-state index contributed by atoms with van der Waals surface area (Å²) in [6, 6.07) is 5.46. The Bertz CT molecular complexity index is 333. The predicted octanol–water partition coefficient (Wildman–Crippen LogP) is 2.84. The molecule has 90 valence electrons. The lowest BCUT2D eigenvalue weighted by atomic mass is 10.1. The lowest BCUT2D eigenvalue weighted by Crippen LogP contribution is -2.25. The molecule has 1 aromatic rings. The van der Waals surface area contributed by atoms with Crippen LogP contribution in [0.3, 0.4) is 0 Å². The smallest absolute Gasteiger partial charge is 0.137 e. The van der Waals surface area contributed by atoms with Crippen LogP contribution < -0.4 is 5.32 Å². The van der Waals surface area contributed by atoms with Crippen molar-refractivity contribution in [1.82, 2.24) is 5.32 Å². The molecule has 16 heavy (non-hydrogen) atoms. The SMILES string of the molecule is CC(CCCO)NCc1ccc(Br)c(F)c1. The largest absolute Gasteiger partial charge is 0.396 e. The van der Waals surface area contributed by atoms with Gasteiger partial charge in [-0.2, -0.15) is 0 Å². The standard InChI is InChI=1S/C12H17BrFNO/c1-9(3-2-6-16)15-8-10-4-5-11(13)12(14)7-10/h4-5,7,9,15-16H,2-3,6,8H2,1H3. The van der Waals surface area contributed by atoms with Gasteiger partial charge in [0.25, 0.3) is 0 Å². The zero-order chi connectivity index (χ0) is 12.0. The molecule has 0 aliphatic heterocycles. The van der Waals surface area contributed by atoms with E-state index in [-0.39, 0.29) is 12.4 Å². The number of benzene rings is 1. The summed E-state index contributed by atoms with van der Waals surface area (Å²) in [4.78, 5) is 0. The zero-order valence-corrected chi connectivity index (χ0v) is 10.9. The van der Waals surface area contributed by atoms with Gasteiger partial charge in [-0.05, 0) is 53.4 Å². The zero-order valence-electron chi connectivity index (χ0n) is 9.34. The van der Waals surface area contributed by atoms with Gasteiger partial charge in [-0.15, -0.1) is 0 Å². The highest BCUT2D eigenvalue weighted by Crippen LogP contribution is 2.16. The van der Waals surface area contributed by atoms with Crippen molar-refractivity contribution in [3.63, 3.8) is 0 Å². The number of halogens is 2. The van der Waals surface area contributed by atoms with Gasteiger partial charge in [0.15, 0.2) is 0 Å². The Morgan fingerprint density at radius 3 is 2.88 bits per heavy atom. The maximum absolute atomic E-state index is 13.2. The van der Waals surface area contributed by atoms with Gasteiger partial charge >= 0.3 is 0 Å². The summed E-state index contributed by atoms with van der Waals surface area (Å²) in [6.07, 6.45) is 1.72. The first-order valence-corrected chi connectivity index (χ1v) is 6.21. The third-order valence-corrected chi connectivity index (χ3v) is 3.08. The van der Waals surface area contributed by atoms with Gasteiger partial charge in [0.1, 0.15) is 5.82 Å². The minimum absolute atomic E-state index is 0.221. The second-order valence-electron chi connectivity index (χ2n) is 3.90. The number of hydrogen-bond acceptors (Lipinski definition) is 2. The number of aliphatic hydroxyl groups is 1. The molecule has 0 radical (unpaired) electrons. The molecule has 1 atom stereocenters. The van der Waals surface area contributed by atoms with E-state index in [1.807, 2.05) is 6.07 Å². The molecule has 0 saturated carbocycles. The Morgan fingerprint density at radius 2 is 2.25 bits per heavy atom. The highest BCUT2D eigenvalue weighted by molar-refractivity contribution is 9.10. The lowest BCUT2D eigenvalue weighted by molar-refractivity contribution is 0.276. The van der Waals surface area contributed by atoms with E-state index in [0.717, 1.165) is 18.4 Å². The molecule has 0 spiro atoms. The fourth-order valence-corrected chi connectivity index (χ4v) is 1.69. The molecule has 1 aromatic carbocycles. The maximum atomic E-state index is 13.2. The van der Waals surface area contributed by atoms with Gasteiger partial charge in [0, 0.05) is 19.2 Å². The van der Waals surface area contributed by atoms with E-state index in [4.69, 9.17) is 5.11 Å². The average molecular weight is 290 g/mol. The van der Waals surface area contributed by atoms with E-state index in [9.17, 15) is 4.39 Å². The molecule has 4 heteroatoms. The number of aliphatic hydroxyl groups excluding tert-OH is 1. The molecule has 0 bridgehead atoms. The molecule has 2 N–H and O–H groups in total. The van der Waals surface area contributed by atoms with E-state index >= 15 is 0 Å². The van der Waals surface area contributed by atoms with Crippen molar-refractivity contribution in [2.75, 3.05) is 6.61 Å². The second-order valence-corrected chi connectivity index (χ2v) is 4.75. The molecule has 0 fully saturated rings.